The monoisotopic (exact) mass is 409 g/mol. The smallest absolute Gasteiger partial charge is 0.254 e. The number of halogens is 1. The fourth-order valence-electron chi connectivity index (χ4n) is 4.41. The molecular weight excluding hydrogens is 381 g/mol. The largest absolute Gasteiger partial charge is 0.368 e. The zero-order valence-corrected chi connectivity index (χ0v) is 17.4. The maximum absolute atomic E-state index is 13.1. The molecule has 2 fully saturated rings. The molecule has 2 heterocycles. The number of piperidine rings is 1. The summed E-state index contributed by atoms with van der Waals surface area (Å²) in [5.74, 6) is 0.0201. The molecule has 0 spiro atoms. The van der Waals surface area contributed by atoms with Crippen molar-refractivity contribution in [2.24, 2.45) is 5.92 Å². The summed E-state index contributed by atoms with van der Waals surface area (Å²) in [6.07, 6.45) is 1.43. The summed E-state index contributed by atoms with van der Waals surface area (Å²) in [4.78, 5) is 31.8. The van der Waals surface area contributed by atoms with Gasteiger partial charge in [0, 0.05) is 56.4 Å². The number of benzene rings is 2. The highest BCUT2D eigenvalue weighted by Crippen LogP contribution is 2.24. The number of piperazine rings is 1. The van der Waals surface area contributed by atoms with Crippen molar-refractivity contribution >= 4 is 17.5 Å². The Morgan fingerprint density at radius 2 is 1.47 bits per heavy atom. The maximum Gasteiger partial charge on any atom is 0.254 e. The average Bonchev–Trinajstić information content (AvgIpc) is 2.79. The van der Waals surface area contributed by atoms with Crippen molar-refractivity contribution in [3.05, 3.63) is 65.5 Å². The topological polar surface area (TPSA) is 43.9 Å². The summed E-state index contributed by atoms with van der Waals surface area (Å²) in [7, 11) is 0. The van der Waals surface area contributed by atoms with E-state index in [0.717, 1.165) is 29.9 Å². The molecule has 30 heavy (non-hydrogen) atoms. The lowest BCUT2D eigenvalue weighted by Gasteiger charge is -2.39. The first-order chi connectivity index (χ1) is 14.5. The normalized spacial score (nSPS) is 17.9. The van der Waals surface area contributed by atoms with Crippen LogP contribution in [0.2, 0.25) is 0 Å². The minimum absolute atomic E-state index is 0.0108. The summed E-state index contributed by atoms with van der Waals surface area (Å²) < 4.78 is 13.1. The third-order valence-electron chi connectivity index (χ3n) is 6.29. The molecule has 2 aliphatic heterocycles. The lowest BCUT2D eigenvalue weighted by molar-refractivity contribution is -0.137. The van der Waals surface area contributed by atoms with Crippen LogP contribution in [0.25, 0.3) is 0 Å². The van der Waals surface area contributed by atoms with Gasteiger partial charge in [-0.2, -0.15) is 0 Å². The molecule has 0 saturated carbocycles. The van der Waals surface area contributed by atoms with Gasteiger partial charge in [0.25, 0.3) is 5.91 Å². The Morgan fingerprint density at radius 3 is 2.10 bits per heavy atom. The third-order valence-corrected chi connectivity index (χ3v) is 6.29. The molecule has 2 aromatic rings. The van der Waals surface area contributed by atoms with Crippen LogP contribution in [0.1, 0.15) is 28.8 Å². The van der Waals surface area contributed by atoms with Crippen LogP contribution in [0.5, 0.6) is 0 Å². The van der Waals surface area contributed by atoms with Gasteiger partial charge in [-0.1, -0.05) is 18.2 Å². The van der Waals surface area contributed by atoms with Gasteiger partial charge in [0.2, 0.25) is 5.91 Å². The molecule has 0 atom stereocenters. The summed E-state index contributed by atoms with van der Waals surface area (Å²) in [5, 5.41) is 0. The molecule has 0 aliphatic carbocycles. The van der Waals surface area contributed by atoms with Gasteiger partial charge in [-0.25, -0.2) is 4.39 Å². The standard InChI is InChI=1S/C24H28FN3O2/c1-18-4-2-3-5-22(18)24(30)27-12-10-19(11-13-27)23(29)28-16-14-26(15-17-28)21-8-6-20(25)7-9-21/h2-9,19H,10-17H2,1H3. The number of carbonyl (C=O) groups excluding carboxylic acids is 2. The third kappa shape index (κ3) is 4.32. The van der Waals surface area contributed by atoms with E-state index in [4.69, 9.17) is 0 Å². The minimum atomic E-state index is -0.236. The molecule has 4 rings (SSSR count). The Bertz CT molecular complexity index is 899. The first-order valence-electron chi connectivity index (χ1n) is 10.7. The molecule has 0 unspecified atom stereocenters. The highest BCUT2D eigenvalue weighted by Gasteiger charge is 2.32. The van der Waals surface area contributed by atoms with E-state index < -0.39 is 0 Å². The molecule has 158 valence electrons. The Morgan fingerprint density at radius 1 is 0.833 bits per heavy atom. The average molecular weight is 410 g/mol. The van der Waals surface area contributed by atoms with Crippen LogP contribution in [0, 0.1) is 18.7 Å². The number of amides is 2. The van der Waals surface area contributed by atoms with E-state index >= 15 is 0 Å². The van der Waals surface area contributed by atoms with Crippen molar-refractivity contribution in [2.75, 3.05) is 44.2 Å². The predicted molar refractivity (Wildman–Crippen MR) is 115 cm³/mol. The summed E-state index contributed by atoms with van der Waals surface area (Å²) in [6, 6.07) is 14.2. The second kappa shape index (κ2) is 8.86. The van der Waals surface area contributed by atoms with E-state index in [-0.39, 0.29) is 23.5 Å². The molecule has 6 heteroatoms. The zero-order valence-electron chi connectivity index (χ0n) is 17.4. The number of anilines is 1. The van der Waals surface area contributed by atoms with Crippen molar-refractivity contribution in [1.82, 2.24) is 9.80 Å². The first kappa shape index (κ1) is 20.4. The molecule has 2 amide bonds. The van der Waals surface area contributed by atoms with Gasteiger partial charge in [0.05, 0.1) is 0 Å². The zero-order chi connectivity index (χ0) is 21.1. The van der Waals surface area contributed by atoms with Crippen LogP contribution in [0.3, 0.4) is 0 Å². The van der Waals surface area contributed by atoms with E-state index in [1.807, 2.05) is 41.0 Å². The van der Waals surface area contributed by atoms with Crippen molar-refractivity contribution in [3.8, 4) is 0 Å². The number of hydrogen-bond donors (Lipinski definition) is 0. The Balaban J connectivity index is 1.28. The molecule has 0 aromatic heterocycles. The van der Waals surface area contributed by atoms with Gasteiger partial charge < -0.3 is 14.7 Å². The van der Waals surface area contributed by atoms with E-state index in [2.05, 4.69) is 4.90 Å². The number of likely N-dealkylation sites (tertiary alicyclic amines) is 1. The second-order valence-electron chi connectivity index (χ2n) is 8.17. The molecule has 2 aliphatic rings. The van der Waals surface area contributed by atoms with Crippen LogP contribution < -0.4 is 4.90 Å². The SMILES string of the molecule is Cc1ccccc1C(=O)N1CCC(C(=O)N2CCN(c3ccc(F)cc3)CC2)CC1. The van der Waals surface area contributed by atoms with Crippen LogP contribution in [0.4, 0.5) is 10.1 Å². The fraction of sp³-hybridized carbons (Fsp3) is 0.417. The van der Waals surface area contributed by atoms with Gasteiger partial charge in [-0.05, 0) is 55.7 Å². The van der Waals surface area contributed by atoms with Gasteiger partial charge in [0.1, 0.15) is 5.82 Å². The van der Waals surface area contributed by atoms with Gasteiger partial charge >= 0.3 is 0 Å². The summed E-state index contributed by atoms with van der Waals surface area (Å²) in [6.45, 7) is 6.06. The van der Waals surface area contributed by atoms with Gasteiger partial charge in [-0.15, -0.1) is 0 Å². The molecular formula is C24H28FN3O2. The molecule has 0 N–H and O–H groups in total. The minimum Gasteiger partial charge on any atom is -0.368 e. The van der Waals surface area contributed by atoms with Crippen molar-refractivity contribution in [2.45, 2.75) is 19.8 Å². The highest BCUT2D eigenvalue weighted by molar-refractivity contribution is 5.95. The second-order valence-corrected chi connectivity index (χ2v) is 8.17. The van der Waals surface area contributed by atoms with Gasteiger partial charge in [-0.3, -0.25) is 9.59 Å². The molecule has 0 radical (unpaired) electrons. The van der Waals surface area contributed by atoms with Crippen LogP contribution in [-0.2, 0) is 4.79 Å². The number of aryl methyl sites for hydroxylation is 1. The van der Waals surface area contributed by atoms with E-state index in [1.54, 1.807) is 12.1 Å². The molecule has 2 saturated heterocycles. The maximum atomic E-state index is 13.1. The number of hydrogen-bond acceptors (Lipinski definition) is 3. The Labute approximate surface area is 177 Å². The fourth-order valence-corrected chi connectivity index (χ4v) is 4.41. The van der Waals surface area contributed by atoms with E-state index in [0.29, 0.717) is 39.0 Å². The lowest BCUT2D eigenvalue weighted by atomic mass is 9.94. The highest BCUT2D eigenvalue weighted by atomic mass is 19.1. The van der Waals surface area contributed by atoms with Crippen molar-refractivity contribution in [1.29, 1.82) is 0 Å². The van der Waals surface area contributed by atoms with Crippen LogP contribution >= 0.6 is 0 Å². The number of rotatable bonds is 3. The molecule has 0 bridgehead atoms. The Hall–Kier alpha value is -2.89. The van der Waals surface area contributed by atoms with Crippen LogP contribution in [0.15, 0.2) is 48.5 Å². The van der Waals surface area contributed by atoms with E-state index in [1.165, 1.54) is 12.1 Å². The van der Waals surface area contributed by atoms with Crippen molar-refractivity contribution < 1.29 is 14.0 Å². The Kier molecular flexibility index (Phi) is 6.02. The first-order valence-corrected chi connectivity index (χ1v) is 10.7. The van der Waals surface area contributed by atoms with E-state index in [9.17, 15) is 14.0 Å². The van der Waals surface area contributed by atoms with Crippen LogP contribution in [-0.4, -0.2) is 60.9 Å². The lowest BCUT2D eigenvalue weighted by Crippen LogP contribution is -2.52. The summed E-state index contributed by atoms with van der Waals surface area (Å²) >= 11 is 0. The predicted octanol–water partition coefficient (Wildman–Crippen LogP) is 3.34. The number of carbonyl (C=O) groups is 2. The summed E-state index contributed by atoms with van der Waals surface area (Å²) in [5.41, 5.74) is 2.73. The molecule has 5 nitrogen and oxygen atoms in total. The van der Waals surface area contributed by atoms with Gasteiger partial charge in [0.15, 0.2) is 0 Å². The quantitative estimate of drug-likeness (QED) is 0.781. The number of nitrogens with zero attached hydrogens (tertiary/aromatic N) is 3. The molecule has 2 aromatic carbocycles. The van der Waals surface area contributed by atoms with Crippen molar-refractivity contribution in [3.63, 3.8) is 0 Å².